The number of carbonyl (C=O) groups is 1. The number of thiol groups is 2. The van der Waals surface area contributed by atoms with Gasteiger partial charge in [-0.25, -0.2) is 22.6 Å². The first-order valence-electron chi connectivity index (χ1n) is 14.0. The number of carbonyl (C=O) groups excluding carboxylic acids is 1. The van der Waals surface area contributed by atoms with Crippen molar-refractivity contribution < 1.29 is 22.3 Å². The van der Waals surface area contributed by atoms with Crippen LogP contribution in [0.2, 0.25) is 0 Å². The van der Waals surface area contributed by atoms with Crippen LogP contribution in [0.5, 0.6) is 0 Å². The molecule has 0 radical (unpaired) electrons. The number of benzene rings is 2. The van der Waals surface area contributed by atoms with E-state index < -0.39 is 10.0 Å². The van der Waals surface area contributed by atoms with Gasteiger partial charge in [0.05, 0.1) is 35.1 Å². The van der Waals surface area contributed by atoms with Crippen LogP contribution in [0.4, 0.5) is 4.39 Å². The summed E-state index contributed by atoms with van der Waals surface area (Å²) in [6.07, 6.45) is 5.16. The fourth-order valence-electron chi connectivity index (χ4n) is 4.41. The maximum absolute atomic E-state index is 13.5. The number of aromatic nitrogens is 2. The zero-order chi connectivity index (χ0) is 30.4. The number of hydrogen-bond donors (Lipinski definition) is 4. The molecule has 2 aromatic carbocycles. The second kappa shape index (κ2) is 21.0. The van der Waals surface area contributed by atoms with E-state index in [2.05, 4.69) is 40.6 Å². The maximum Gasteiger partial charge on any atom is 0.238 e. The number of unbranched alkanes of at least 4 members (excludes halogenated alkanes) is 4. The van der Waals surface area contributed by atoms with Gasteiger partial charge in [-0.05, 0) is 74.0 Å². The summed E-state index contributed by atoms with van der Waals surface area (Å²) in [7, 11) is -3.82. The highest BCUT2D eigenvalue weighted by molar-refractivity contribution is 7.89. The third kappa shape index (κ3) is 13.7. The molecule has 0 atom stereocenters. The smallest absolute Gasteiger partial charge is 0.238 e. The fraction of sp³-hybridized carbons (Fsp3) is 0.448. The molecule has 1 heterocycles. The maximum atomic E-state index is 13.5. The molecule has 0 aliphatic carbocycles. The second-order valence-corrected chi connectivity index (χ2v) is 12.3. The Morgan fingerprint density at radius 2 is 1.61 bits per heavy atom. The third-order valence-electron chi connectivity index (χ3n) is 6.54. The molecule has 0 aliphatic rings. The van der Waals surface area contributed by atoms with Crippen molar-refractivity contribution in [2.45, 2.75) is 43.6 Å². The number of primary sulfonamides is 1. The van der Waals surface area contributed by atoms with E-state index >= 15 is 0 Å². The Labute approximate surface area is 283 Å². The van der Waals surface area contributed by atoms with Crippen LogP contribution in [0.15, 0.2) is 59.5 Å². The van der Waals surface area contributed by atoms with Crippen LogP contribution in [0.1, 0.15) is 37.8 Å². The third-order valence-corrected chi connectivity index (χ3v) is 7.89. The summed E-state index contributed by atoms with van der Waals surface area (Å²) in [4.78, 5) is 14.1. The highest BCUT2D eigenvalue weighted by Crippen LogP contribution is 2.25. The van der Waals surface area contributed by atoms with E-state index in [1.165, 1.54) is 24.3 Å². The molecule has 9 nitrogen and oxygen atoms in total. The molecule has 0 bridgehead atoms. The first-order valence-corrected chi connectivity index (χ1v) is 16.8. The molecule has 15 heteroatoms. The van der Waals surface area contributed by atoms with Gasteiger partial charge < -0.3 is 10.1 Å². The largest absolute Gasteiger partial charge is 0.375 e. The molecular weight excluding hydrogens is 668 g/mol. The van der Waals surface area contributed by atoms with E-state index in [-0.39, 0.29) is 41.4 Å². The van der Waals surface area contributed by atoms with Gasteiger partial charge in [-0.1, -0.05) is 19.3 Å². The average molecular weight is 711 g/mol. The van der Waals surface area contributed by atoms with Crippen LogP contribution < -0.4 is 10.5 Å². The molecule has 0 aliphatic heterocycles. The Kier molecular flexibility index (Phi) is 19.2. The monoisotopic (exact) mass is 709 g/mol. The van der Waals surface area contributed by atoms with E-state index in [1.54, 1.807) is 28.9 Å². The summed E-state index contributed by atoms with van der Waals surface area (Å²) in [5.41, 5.74) is 2.83. The van der Waals surface area contributed by atoms with Crippen LogP contribution in [-0.4, -0.2) is 73.3 Å². The van der Waals surface area contributed by atoms with Crippen LogP contribution in [-0.2, 0) is 26.2 Å². The molecule has 0 saturated heterocycles. The summed E-state index contributed by atoms with van der Waals surface area (Å²) >= 11 is 8.43. The molecular formula is C29H42Cl2FN5O4S3. The predicted molar refractivity (Wildman–Crippen MR) is 185 cm³/mol. The lowest BCUT2D eigenvalue weighted by atomic mass is 10.1. The summed E-state index contributed by atoms with van der Waals surface area (Å²) in [5.74, 6) is 1.03. The lowest BCUT2D eigenvalue weighted by Crippen LogP contribution is -2.39. The first kappa shape index (κ1) is 40.2. The summed E-state index contributed by atoms with van der Waals surface area (Å²) < 4.78 is 44.4. The van der Waals surface area contributed by atoms with E-state index in [4.69, 9.17) is 9.88 Å². The lowest BCUT2D eigenvalue weighted by molar-refractivity contribution is -0.122. The summed E-state index contributed by atoms with van der Waals surface area (Å²) in [6, 6.07) is 14.1. The van der Waals surface area contributed by atoms with E-state index in [0.29, 0.717) is 49.2 Å². The Morgan fingerprint density at radius 3 is 2.25 bits per heavy atom. The van der Waals surface area contributed by atoms with Gasteiger partial charge in [0.1, 0.15) is 5.82 Å². The van der Waals surface area contributed by atoms with Gasteiger partial charge in [-0.3, -0.25) is 9.69 Å². The minimum Gasteiger partial charge on any atom is -0.375 e. The molecule has 1 amide bonds. The van der Waals surface area contributed by atoms with Gasteiger partial charge in [0.15, 0.2) is 0 Å². The molecule has 44 heavy (non-hydrogen) atoms. The minimum atomic E-state index is -3.82. The minimum absolute atomic E-state index is 0. The Morgan fingerprint density at radius 1 is 0.955 bits per heavy atom. The van der Waals surface area contributed by atoms with Crippen LogP contribution in [0.25, 0.3) is 16.9 Å². The van der Waals surface area contributed by atoms with Crippen molar-refractivity contribution in [3.05, 3.63) is 66.1 Å². The van der Waals surface area contributed by atoms with E-state index in [1.807, 2.05) is 6.07 Å². The lowest BCUT2D eigenvalue weighted by Gasteiger charge is -2.20. The molecule has 3 aromatic rings. The van der Waals surface area contributed by atoms with Gasteiger partial charge in [-0.2, -0.15) is 30.4 Å². The van der Waals surface area contributed by atoms with E-state index in [0.717, 1.165) is 56.5 Å². The average Bonchev–Trinajstić information content (AvgIpc) is 3.39. The number of ether oxygens (including phenoxy) is 1. The number of halogens is 3. The highest BCUT2D eigenvalue weighted by Gasteiger charge is 2.14. The van der Waals surface area contributed by atoms with Crippen molar-refractivity contribution in [2.24, 2.45) is 5.14 Å². The predicted octanol–water partition coefficient (Wildman–Crippen LogP) is 4.91. The van der Waals surface area contributed by atoms with Gasteiger partial charge in [0, 0.05) is 36.8 Å². The van der Waals surface area contributed by atoms with Crippen LogP contribution in [0.3, 0.4) is 0 Å². The molecule has 246 valence electrons. The fourth-order valence-corrected chi connectivity index (χ4v) is 5.32. The van der Waals surface area contributed by atoms with E-state index in [9.17, 15) is 17.6 Å². The molecule has 3 rings (SSSR count). The van der Waals surface area contributed by atoms with Crippen molar-refractivity contribution in [2.75, 3.05) is 44.3 Å². The van der Waals surface area contributed by atoms with Crippen molar-refractivity contribution in [1.82, 2.24) is 20.0 Å². The highest BCUT2D eigenvalue weighted by atomic mass is 35.5. The molecule has 1 aromatic heterocycles. The number of nitrogens with one attached hydrogen (secondary N) is 1. The molecule has 0 fully saturated rings. The number of hydrogen-bond acceptors (Lipinski definition) is 8. The van der Waals surface area contributed by atoms with Crippen LogP contribution in [0, 0.1) is 5.82 Å². The molecule has 3 N–H and O–H groups in total. The van der Waals surface area contributed by atoms with Crippen molar-refractivity contribution in [3.63, 3.8) is 0 Å². The Balaban J connectivity index is 0.00000484. The summed E-state index contributed by atoms with van der Waals surface area (Å²) in [6.45, 7) is 3.53. The Hall–Kier alpha value is -1.84. The van der Waals surface area contributed by atoms with Crippen molar-refractivity contribution in [3.8, 4) is 16.9 Å². The topological polar surface area (TPSA) is 120 Å². The number of amides is 1. The van der Waals surface area contributed by atoms with Gasteiger partial charge in [0.2, 0.25) is 15.9 Å². The normalized spacial score (nSPS) is 11.2. The Bertz CT molecular complexity index is 1360. The zero-order valence-corrected chi connectivity index (χ0v) is 28.7. The first-order chi connectivity index (χ1) is 20.2. The number of nitrogens with two attached hydrogens (primary N) is 1. The van der Waals surface area contributed by atoms with Gasteiger partial charge in [-0.15, -0.1) is 24.8 Å². The van der Waals surface area contributed by atoms with Gasteiger partial charge in [0.25, 0.3) is 0 Å². The number of nitrogens with zero attached hydrogens (tertiary/aromatic N) is 3. The molecule has 0 saturated carbocycles. The summed E-state index contributed by atoms with van der Waals surface area (Å²) in [5, 5.41) is 12.8. The zero-order valence-electron chi connectivity index (χ0n) is 24.4. The molecule has 0 unspecified atom stereocenters. The van der Waals surface area contributed by atoms with Crippen LogP contribution >= 0.6 is 50.1 Å². The number of sulfonamides is 1. The quantitative estimate of drug-likeness (QED) is 0.104. The van der Waals surface area contributed by atoms with Gasteiger partial charge >= 0.3 is 0 Å². The SMILES string of the molecule is Cl.Cl.NS(=O)(=O)c1ccc(-n2nc(COCCCCCCCN(CCS)CC(=O)NCCS)cc2-c2ccc(F)cc2)cc1. The standard InChI is InChI=1S/C29H40FN5O4S3.2ClH/c30-24-8-6-23(7-9-24)28-20-25(33-35(28)26-10-12-27(13-11-26)42(31,37)38)22-39-17-5-3-1-2-4-15-34(16-19-41)21-29(36)32-14-18-40;;/h6-13,20,40-41H,1-5,14-19,21-22H2,(H,32,36)(H2,31,37,38);2*1H. The van der Waals surface area contributed by atoms with Crippen molar-refractivity contribution in [1.29, 1.82) is 0 Å². The number of rotatable bonds is 19. The second-order valence-electron chi connectivity index (χ2n) is 9.87. The van der Waals surface area contributed by atoms with Crippen molar-refractivity contribution >= 4 is 66.0 Å². The molecule has 0 spiro atoms.